The molecule has 0 radical (unpaired) electrons. The molecular formula is C55H69BrCl2O12. The van der Waals surface area contributed by atoms with Crippen LogP contribution in [0, 0.1) is 18.8 Å². The van der Waals surface area contributed by atoms with Crippen LogP contribution in [0.4, 0.5) is 0 Å². The SMILES string of the molecule is CCOc1ccc(Cc2cc(C)ccc2Cl)cc1.CCOc1ccc(Cc2cc([C@@H]3O[C@H](CC)[C@@H](C)[C@H](OC(C)=O)[C@H]3OC(C)=O)ccc2Cl)cc1.CC[C@H]1O[C@H](Br)[C@H](OC(C)=O)[C@@H](OC(C)=O)[C@@H]1C. The van der Waals surface area contributed by atoms with Crippen molar-refractivity contribution in [2.45, 2.75) is 150 Å². The van der Waals surface area contributed by atoms with Gasteiger partial charge >= 0.3 is 23.9 Å². The van der Waals surface area contributed by atoms with Gasteiger partial charge in [0.15, 0.2) is 17.2 Å². The molecule has 0 amide bonds. The average Bonchev–Trinajstić information content (AvgIpc) is 3.31. The van der Waals surface area contributed by atoms with E-state index in [1.165, 1.54) is 44.4 Å². The number of hydrogen-bond acceptors (Lipinski definition) is 12. The van der Waals surface area contributed by atoms with Crippen molar-refractivity contribution in [3.63, 3.8) is 0 Å². The Morgan fingerprint density at radius 2 is 0.943 bits per heavy atom. The Hall–Kier alpha value is -4.66. The molecule has 0 spiro atoms. The summed E-state index contributed by atoms with van der Waals surface area (Å²) >= 11 is 16.1. The predicted octanol–water partition coefficient (Wildman–Crippen LogP) is 12.3. The van der Waals surface area contributed by atoms with Crippen LogP contribution < -0.4 is 9.47 Å². The van der Waals surface area contributed by atoms with Crippen LogP contribution in [0.3, 0.4) is 0 Å². The normalized spacial score (nSPS) is 23.7. The number of alkyl halides is 1. The van der Waals surface area contributed by atoms with Crippen LogP contribution in [0.25, 0.3) is 0 Å². The Bertz CT molecular complexity index is 2310. The van der Waals surface area contributed by atoms with E-state index in [9.17, 15) is 19.2 Å². The van der Waals surface area contributed by atoms with Crippen molar-refractivity contribution in [1.29, 1.82) is 0 Å². The number of hydrogen-bond donors (Lipinski definition) is 0. The van der Waals surface area contributed by atoms with Crippen molar-refractivity contribution in [3.8, 4) is 11.5 Å². The van der Waals surface area contributed by atoms with Gasteiger partial charge in [0.1, 0.15) is 29.8 Å². The number of benzene rings is 4. The maximum atomic E-state index is 12.0. The fourth-order valence-electron chi connectivity index (χ4n) is 8.60. The lowest BCUT2D eigenvalue weighted by molar-refractivity contribution is -0.225. The molecule has 70 heavy (non-hydrogen) atoms. The van der Waals surface area contributed by atoms with Gasteiger partial charge in [-0.25, -0.2) is 0 Å². The first kappa shape index (κ1) is 57.9. The molecule has 0 aliphatic carbocycles. The first-order valence-corrected chi connectivity index (χ1v) is 25.6. The summed E-state index contributed by atoms with van der Waals surface area (Å²) < 4.78 is 44.9. The fraction of sp³-hybridized carbons (Fsp3) is 0.491. The molecule has 12 nitrogen and oxygen atoms in total. The maximum absolute atomic E-state index is 12.0. The number of esters is 4. The van der Waals surface area contributed by atoms with Crippen LogP contribution >= 0.6 is 39.1 Å². The molecule has 15 heteroatoms. The molecule has 0 unspecified atom stereocenters. The Morgan fingerprint density at radius 1 is 0.543 bits per heavy atom. The Kier molecular flexibility index (Phi) is 23.5. The van der Waals surface area contributed by atoms with Gasteiger partial charge in [-0.15, -0.1) is 0 Å². The highest BCUT2D eigenvalue weighted by Gasteiger charge is 2.48. The lowest BCUT2D eigenvalue weighted by Crippen LogP contribution is -2.54. The van der Waals surface area contributed by atoms with Crippen LogP contribution in [-0.4, -0.2) is 78.7 Å². The van der Waals surface area contributed by atoms with Gasteiger partial charge in [-0.1, -0.05) is 121 Å². The summed E-state index contributed by atoms with van der Waals surface area (Å²) in [5, 5.41) is 0.996. The summed E-state index contributed by atoms with van der Waals surface area (Å²) in [6.07, 6.45) is -0.281. The second-order valence-corrected chi connectivity index (χ2v) is 19.1. The molecule has 0 N–H and O–H groups in total. The summed E-state index contributed by atoms with van der Waals surface area (Å²) in [4.78, 5) is 46.1. The summed E-state index contributed by atoms with van der Waals surface area (Å²) in [7, 11) is 0. The van der Waals surface area contributed by atoms with Gasteiger partial charge in [-0.05, 0) is 111 Å². The highest BCUT2D eigenvalue weighted by atomic mass is 79.9. The number of carbonyl (C=O) groups is 4. The third-order valence-corrected chi connectivity index (χ3v) is 13.4. The van der Waals surface area contributed by atoms with Crippen molar-refractivity contribution in [3.05, 3.63) is 128 Å². The molecule has 0 saturated carbocycles. The quantitative estimate of drug-likeness (QED) is 0.0635. The van der Waals surface area contributed by atoms with Crippen molar-refractivity contribution < 1.29 is 57.1 Å². The van der Waals surface area contributed by atoms with Gasteiger partial charge in [0.25, 0.3) is 0 Å². The molecule has 2 fully saturated rings. The van der Waals surface area contributed by atoms with E-state index in [0.717, 1.165) is 52.5 Å². The molecule has 2 aliphatic rings. The average molecular weight is 1070 g/mol. The minimum Gasteiger partial charge on any atom is -0.494 e. The van der Waals surface area contributed by atoms with E-state index >= 15 is 0 Å². The topological polar surface area (TPSA) is 142 Å². The van der Waals surface area contributed by atoms with Crippen molar-refractivity contribution in [1.82, 2.24) is 0 Å². The first-order valence-electron chi connectivity index (χ1n) is 23.9. The number of ether oxygens (including phenoxy) is 8. The minimum atomic E-state index is -0.765. The predicted molar refractivity (Wildman–Crippen MR) is 275 cm³/mol. The molecule has 0 bridgehead atoms. The lowest BCUT2D eigenvalue weighted by Gasteiger charge is -2.44. The zero-order valence-electron chi connectivity index (χ0n) is 42.1. The van der Waals surface area contributed by atoms with Crippen LogP contribution in [-0.2, 0) is 60.4 Å². The standard InChI is InChI=1S/C27H33ClO6.C16H17ClO.C12H19BrO5/c1-6-24-16(3)25(32-17(4)29)27(33-18(5)30)26(34-24)20-10-13-23(28)21(15-20)14-19-8-11-22(12-9-19)31-7-2;1-3-18-15-7-5-13(6-8-15)11-14-10-12(2)4-9-16(14)17;1-5-9-6(2)10(16-7(3)14)11(12(13)18-9)17-8(4)15/h8-13,15-16,24-27H,6-7,14H2,1-5H3;4-10H,3,11H2,1-2H3;6,9-12H,5H2,1-4H3/t16-,24-,25+,26+,27-;;6-,9-,10+,11-,12+/m1.1/s1. The number of rotatable bonds is 15. The third kappa shape index (κ3) is 17.3. The van der Waals surface area contributed by atoms with Crippen molar-refractivity contribution >= 4 is 63.0 Å². The van der Waals surface area contributed by atoms with E-state index in [-0.39, 0.29) is 30.0 Å². The molecule has 2 saturated heterocycles. The van der Waals surface area contributed by atoms with Gasteiger partial charge in [0, 0.05) is 49.6 Å². The van der Waals surface area contributed by atoms with E-state index in [1.807, 2.05) is 108 Å². The third-order valence-electron chi connectivity index (χ3n) is 11.9. The molecule has 6 rings (SSSR count). The van der Waals surface area contributed by atoms with E-state index in [0.29, 0.717) is 24.7 Å². The van der Waals surface area contributed by atoms with Gasteiger partial charge < -0.3 is 37.9 Å². The Morgan fingerprint density at radius 3 is 1.39 bits per heavy atom. The number of aryl methyl sites for hydroxylation is 1. The molecule has 2 heterocycles. The molecule has 2 aliphatic heterocycles. The maximum Gasteiger partial charge on any atom is 0.303 e. The van der Waals surface area contributed by atoms with E-state index < -0.39 is 53.4 Å². The monoisotopic (exact) mass is 1070 g/mol. The van der Waals surface area contributed by atoms with Crippen LogP contribution in [0.2, 0.25) is 10.0 Å². The van der Waals surface area contributed by atoms with Crippen LogP contribution in [0.15, 0.2) is 84.9 Å². The van der Waals surface area contributed by atoms with Crippen molar-refractivity contribution in [2.24, 2.45) is 11.8 Å². The summed E-state index contributed by atoms with van der Waals surface area (Å²) in [5.41, 5.74) is 6.47. The van der Waals surface area contributed by atoms with E-state index in [2.05, 4.69) is 41.1 Å². The Labute approximate surface area is 432 Å². The summed E-state index contributed by atoms with van der Waals surface area (Å²) in [6.45, 7) is 20.6. The van der Waals surface area contributed by atoms with Gasteiger partial charge in [0.2, 0.25) is 0 Å². The fourth-order valence-corrected chi connectivity index (χ4v) is 9.65. The smallest absolute Gasteiger partial charge is 0.303 e. The second-order valence-electron chi connectivity index (χ2n) is 17.4. The van der Waals surface area contributed by atoms with E-state index in [1.54, 1.807) is 0 Å². The van der Waals surface area contributed by atoms with Crippen LogP contribution in [0.5, 0.6) is 11.5 Å². The zero-order valence-corrected chi connectivity index (χ0v) is 45.2. The van der Waals surface area contributed by atoms with Gasteiger partial charge in [-0.2, -0.15) is 0 Å². The first-order chi connectivity index (χ1) is 33.3. The zero-order chi connectivity index (χ0) is 51.7. The molecule has 4 aromatic carbocycles. The molecular weight excluding hydrogens is 1000 g/mol. The molecule has 4 aromatic rings. The van der Waals surface area contributed by atoms with Crippen molar-refractivity contribution in [2.75, 3.05) is 13.2 Å². The molecule has 10 atom stereocenters. The van der Waals surface area contributed by atoms with Crippen LogP contribution in [0.1, 0.15) is 122 Å². The van der Waals surface area contributed by atoms with Gasteiger partial charge in [0.05, 0.1) is 25.4 Å². The minimum absolute atomic E-state index is 0.0305. The summed E-state index contributed by atoms with van der Waals surface area (Å²) in [6, 6.07) is 27.9. The van der Waals surface area contributed by atoms with E-state index in [4.69, 9.17) is 61.1 Å². The summed E-state index contributed by atoms with van der Waals surface area (Å²) in [5.74, 6) is -0.119. The molecule has 382 valence electrons. The largest absolute Gasteiger partial charge is 0.494 e. The number of carbonyl (C=O) groups excluding carboxylic acids is 4. The second kappa shape index (κ2) is 28.4. The highest BCUT2D eigenvalue weighted by molar-refractivity contribution is 9.09. The molecule has 0 aromatic heterocycles. The van der Waals surface area contributed by atoms with Gasteiger partial charge in [-0.3, -0.25) is 19.2 Å². The Balaban J connectivity index is 0.000000250. The lowest BCUT2D eigenvalue weighted by atomic mass is 9.84. The number of halogens is 3. The highest BCUT2D eigenvalue weighted by Crippen LogP contribution is 2.41.